The number of hydrogen-bond donors (Lipinski definition) is 2. The summed E-state index contributed by atoms with van der Waals surface area (Å²) in [7, 11) is 0. The molecule has 2 aliphatic rings. The summed E-state index contributed by atoms with van der Waals surface area (Å²) in [6.07, 6.45) is 4.50. The van der Waals surface area contributed by atoms with Crippen LogP contribution in [0.2, 0.25) is 0 Å². The predicted molar refractivity (Wildman–Crippen MR) is 77.5 cm³/mol. The fourth-order valence-electron chi connectivity index (χ4n) is 2.63. The van der Waals surface area contributed by atoms with E-state index in [0.29, 0.717) is 29.3 Å². The molecule has 0 aliphatic carbocycles. The van der Waals surface area contributed by atoms with E-state index in [4.69, 9.17) is 19.9 Å². The Morgan fingerprint density at radius 1 is 1.29 bits per heavy atom. The van der Waals surface area contributed by atoms with E-state index < -0.39 is 0 Å². The number of benzene rings is 1. The predicted octanol–water partition coefficient (Wildman–Crippen LogP) is 1.69. The Morgan fingerprint density at radius 3 is 2.86 bits per heavy atom. The average Bonchev–Trinajstić information content (AvgIpc) is 2.94. The minimum absolute atomic E-state index is 0.166. The van der Waals surface area contributed by atoms with Crippen molar-refractivity contribution in [3.05, 3.63) is 17.7 Å². The van der Waals surface area contributed by atoms with Gasteiger partial charge in [-0.2, -0.15) is 0 Å². The van der Waals surface area contributed by atoms with Gasteiger partial charge >= 0.3 is 0 Å². The summed E-state index contributed by atoms with van der Waals surface area (Å²) in [5, 5.41) is 2.88. The molecule has 1 atom stereocenters. The van der Waals surface area contributed by atoms with Crippen LogP contribution in [0.1, 0.15) is 36.0 Å². The third-order valence-electron chi connectivity index (χ3n) is 3.82. The molecule has 1 unspecified atom stereocenters. The summed E-state index contributed by atoms with van der Waals surface area (Å²) in [5.41, 5.74) is 6.70. The number of rotatable bonds is 4. The number of amides is 1. The fourth-order valence-corrected chi connectivity index (χ4v) is 2.63. The van der Waals surface area contributed by atoms with Gasteiger partial charge in [0.1, 0.15) is 0 Å². The van der Waals surface area contributed by atoms with Crippen molar-refractivity contribution in [1.29, 1.82) is 0 Å². The smallest absolute Gasteiger partial charge is 0.253 e. The molecule has 1 saturated heterocycles. The van der Waals surface area contributed by atoms with Gasteiger partial charge in [-0.25, -0.2) is 0 Å². The largest absolute Gasteiger partial charge is 0.454 e. The monoisotopic (exact) mass is 292 g/mol. The lowest BCUT2D eigenvalue weighted by atomic mass is 10.1. The fraction of sp³-hybridized carbons (Fsp3) is 0.533. The lowest BCUT2D eigenvalue weighted by molar-refractivity contribution is 0.0117. The van der Waals surface area contributed by atoms with Crippen molar-refractivity contribution in [2.45, 2.75) is 31.8 Å². The molecule has 0 spiro atoms. The summed E-state index contributed by atoms with van der Waals surface area (Å²) in [6.45, 7) is 1.57. The molecule has 21 heavy (non-hydrogen) atoms. The van der Waals surface area contributed by atoms with Crippen molar-refractivity contribution in [3.8, 4) is 11.5 Å². The standard InChI is InChI=1S/C15H20N2O4/c16-12-8-14-13(20-9-21-14)7-11(12)15(18)17-5-4-10-3-1-2-6-19-10/h7-8,10H,1-6,9,16H2,(H,17,18). The quantitative estimate of drug-likeness (QED) is 0.825. The van der Waals surface area contributed by atoms with Crippen molar-refractivity contribution < 1.29 is 19.0 Å². The number of anilines is 1. The highest BCUT2D eigenvalue weighted by molar-refractivity contribution is 6.00. The topological polar surface area (TPSA) is 82.8 Å². The number of carbonyl (C=O) groups is 1. The zero-order chi connectivity index (χ0) is 14.7. The summed E-state index contributed by atoms with van der Waals surface area (Å²) in [5.74, 6) is 0.950. The number of nitrogen functional groups attached to an aromatic ring is 1. The Hall–Kier alpha value is -1.95. The first-order valence-corrected chi connectivity index (χ1v) is 7.33. The summed E-state index contributed by atoms with van der Waals surface area (Å²) in [6, 6.07) is 3.26. The molecule has 2 aliphatic heterocycles. The van der Waals surface area contributed by atoms with E-state index >= 15 is 0 Å². The van der Waals surface area contributed by atoms with Gasteiger partial charge in [-0.05, 0) is 31.7 Å². The number of ether oxygens (including phenoxy) is 3. The first-order chi connectivity index (χ1) is 10.2. The number of fused-ring (bicyclic) bond motifs is 1. The van der Waals surface area contributed by atoms with Crippen molar-refractivity contribution in [2.24, 2.45) is 0 Å². The van der Waals surface area contributed by atoms with E-state index in [0.717, 1.165) is 25.9 Å². The van der Waals surface area contributed by atoms with Gasteiger partial charge in [0.15, 0.2) is 11.5 Å². The molecule has 0 radical (unpaired) electrons. The maximum absolute atomic E-state index is 12.2. The van der Waals surface area contributed by atoms with Gasteiger partial charge in [0.25, 0.3) is 5.91 Å². The van der Waals surface area contributed by atoms with E-state index in [9.17, 15) is 4.79 Å². The maximum Gasteiger partial charge on any atom is 0.253 e. The Balaban J connectivity index is 1.55. The summed E-state index contributed by atoms with van der Waals surface area (Å²) >= 11 is 0. The van der Waals surface area contributed by atoms with Crippen LogP contribution in [0.5, 0.6) is 11.5 Å². The van der Waals surface area contributed by atoms with Gasteiger partial charge in [0, 0.05) is 24.9 Å². The van der Waals surface area contributed by atoms with E-state index in [2.05, 4.69) is 5.32 Å². The van der Waals surface area contributed by atoms with Crippen molar-refractivity contribution in [2.75, 3.05) is 25.7 Å². The molecule has 0 saturated carbocycles. The second-order valence-corrected chi connectivity index (χ2v) is 5.33. The van der Waals surface area contributed by atoms with E-state index in [1.54, 1.807) is 12.1 Å². The van der Waals surface area contributed by atoms with Gasteiger partial charge < -0.3 is 25.3 Å². The minimum atomic E-state index is -0.193. The van der Waals surface area contributed by atoms with Crippen molar-refractivity contribution in [3.63, 3.8) is 0 Å². The summed E-state index contributed by atoms with van der Waals surface area (Å²) in [4.78, 5) is 12.2. The van der Waals surface area contributed by atoms with Crippen LogP contribution in [0.3, 0.4) is 0 Å². The third kappa shape index (κ3) is 3.21. The first-order valence-electron chi connectivity index (χ1n) is 7.33. The Morgan fingerprint density at radius 2 is 2.10 bits per heavy atom. The van der Waals surface area contributed by atoms with Crippen LogP contribution in [-0.4, -0.2) is 32.0 Å². The number of nitrogens with two attached hydrogens (primary N) is 1. The Kier molecular flexibility index (Phi) is 4.15. The molecule has 2 heterocycles. The molecule has 1 aromatic carbocycles. The van der Waals surface area contributed by atoms with E-state index in [1.165, 1.54) is 6.42 Å². The SMILES string of the molecule is Nc1cc2c(cc1C(=O)NCCC1CCCCO1)OCO2. The van der Waals surface area contributed by atoms with Gasteiger partial charge in [0.2, 0.25) is 6.79 Å². The van der Waals surface area contributed by atoms with Crippen molar-refractivity contribution >= 4 is 11.6 Å². The molecule has 1 fully saturated rings. The highest BCUT2D eigenvalue weighted by atomic mass is 16.7. The van der Waals surface area contributed by atoms with Gasteiger partial charge in [-0.15, -0.1) is 0 Å². The average molecular weight is 292 g/mol. The molecule has 114 valence electrons. The highest BCUT2D eigenvalue weighted by Gasteiger charge is 2.20. The van der Waals surface area contributed by atoms with Crippen LogP contribution in [0.15, 0.2) is 12.1 Å². The molecule has 1 aromatic rings. The zero-order valence-electron chi connectivity index (χ0n) is 11.9. The lowest BCUT2D eigenvalue weighted by Crippen LogP contribution is -2.29. The lowest BCUT2D eigenvalue weighted by Gasteiger charge is -2.22. The molecule has 3 rings (SSSR count). The number of nitrogens with one attached hydrogen (secondary N) is 1. The van der Waals surface area contributed by atoms with E-state index in [1.807, 2.05) is 0 Å². The van der Waals surface area contributed by atoms with Crippen LogP contribution in [0.25, 0.3) is 0 Å². The molecular formula is C15H20N2O4. The van der Waals surface area contributed by atoms with E-state index in [-0.39, 0.29) is 18.8 Å². The van der Waals surface area contributed by atoms with Crippen LogP contribution in [0.4, 0.5) is 5.69 Å². The number of hydrogen-bond acceptors (Lipinski definition) is 5. The molecule has 6 heteroatoms. The van der Waals surface area contributed by atoms with Crippen LogP contribution in [0, 0.1) is 0 Å². The Bertz CT molecular complexity index is 527. The summed E-state index contributed by atoms with van der Waals surface area (Å²) < 4.78 is 16.1. The molecule has 3 N–H and O–H groups in total. The minimum Gasteiger partial charge on any atom is -0.454 e. The molecular weight excluding hydrogens is 272 g/mol. The molecule has 1 amide bonds. The normalized spacial score (nSPS) is 20.3. The maximum atomic E-state index is 12.2. The van der Waals surface area contributed by atoms with Gasteiger partial charge in [0.05, 0.1) is 11.7 Å². The second kappa shape index (κ2) is 6.22. The first kappa shape index (κ1) is 14.0. The third-order valence-corrected chi connectivity index (χ3v) is 3.82. The van der Waals surface area contributed by atoms with Crippen molar-refractivity contribution in [1.82, 2.24) is 5.32 Å². The molecule has 0 bridgehead atoms. The Labute approximate surface area is 123 Å². The van der Waals surface area contributed by atoms with Crippen LogP contribution >= 0.6 is 0 Å². The molecule has 6 nitrogen and oxygen atoms in total. The zero-order valence-corrected chi connectivity index (χ0v) is 11.9. The number of carbonyl (C=O) groups excluding carboxylic acids is 1. The second-order valence-electron chi connectivity index (χ2n) is 5.33. The van der Waals surface area contributed by atoms with Crippen LogP contribution in [-0.2, 0) is 4.74 Å². The molecule has 0 aromatic heterocycles. The van der Waals surface area contributed by atoms with Crippen LogP contribution < -0.4 is 20.5 Å². The van der Waals surface area contributed by atoms with Gasteiger partial charge in [-0.1, -0.05) is 0 Å². The highest BCUT2D eigenvalue weighted by Crippen LogP contribution is 2.35. The van der Waals surface area contributed by atoms with Gasteiger partial charge in [-0.3, -0.25) is 4.79 Å².